The molecular formula is C18H22N2O6S. The molecule has 1 heterocycles. The zero-order valence-electron chi connectivity index (χ0n) is 14.8. The largest absolute Gasteiger partial charge is 0.494 e. The third kappa shape index (κ3) is 8.84. The number of para-hydroxylation sites is 1. The molecule has 0 spiro atoms. The number of carboxylic acids is 2. The maximum Gasteiger partial charge on any atom is 0.414 e. The van der Waals surface area contributed by atoms with Gasteiger partial charge >= 0.3 is 11.9 Å². The zero-order valence-corrected chi connectivity index (χ0v) is 15.6. The van der Waals surface area contributed by atoms with Crippen LogP contribution in [-0.4, -0.2) is 47.8 Å². The van der Waals surface area contributed by atoms with Crippen molar-refractivity contribution in [2.75, 3.05) is 19.7 Å². The monoisotopic (exact) mass is 394 g/mol. The van der Waals surface area contributed by atoms with Gasteiger partial charge in [-0.3, -0.25) is 4.79 Å². The molecule has 0 aliphatic heterocycles. The lowest BCUT2D eigenvalue weighted by molar-refractivity contribution is -0.159. The summed E-state index contributed by atoms with van der Waals surface area (Å²) in [6.45, 7) is 4.69. The molecule has 0 fully saturated rings. The smallest absolute Gasteiger partial charge is 0.414 e. The Morgan fingerprint density at radius 2 is 1.74 bits per heavy atom. The molecule has 1 aromatic carbocycles. The van der Waals surface area contributed by atoms with Gasteiger partial charge in [0.2, 0.25) is 0 Å². The molecule has 0 aliphatic carbocycles. The Bertz CT molecular complexity index is 721. The Balaban J connectivity index is 0.000000527. The van der Waals surface area contributed by atoms with Crippen LogP contribution in [0.2, 0.25) is 0 Å². The highest BCUT2D eigenvalue weighted by Gasteiger charge is 2.05. The second kappa shape index (κ2) is 12.4. The highest BCUT2D eigenvalue weighted by molar-refractivity contribution is 7.12. The van der Waals surface area contributed by atoms with E-state index < -0.39 is 11.9 Å². The summed E-state index contributed by atoms with van der Waals surface area (Å²) in [6, 6.07) is 11.7. The Kier molecular flexibility index (Phi) is 10.2. The van der Waals surface area contributed by atoms with E-state index in [9.17, 15) is 4.79 Å². The first-order chi connectivity index (χ1) is 13.0. The Morgan fingerprint density at radius 3 is 2.33 bits per heavy atom. The summed E-state index contributed by atoms with van der Waals surface area (Å²) in [5, 5.41) is 22.9. The van der Waals surface area contributed by atoms with Crippen molar-refractivity contribution in [1.29, 1.82) is 0 Å². The summed E-state index contributed by atoms with van der Waals surface area (Å²) in [7, 11) is 0. The normalized spacial score (nSPS) is 9.67. The first kappa shape index (κ1) is 22.1. The number of carbonyl (C=O) groups excluding carboxylic acids is 1. The standard InChI is InChI=1S/C16H20N2O2S.C2H2O4/c1-2-20-14-7-4-3-6-13(14)12-17-9-10-18-16(19)15-8-5-11-21-15;3-1(4)2(5)6/h3-8,11,17H,2,9-10,12H2,1H3,(H,18,19);(H,3,4)(H,5,6). The van der Waals surface area contributed by atoms with E-state index in [-0.39, 0.29) is 5.91 Å². The van der Waals surface area contributed by atoms with Crippen LogP contribution in [0.15, 0.2) is 41.8 Å². The van der Waals surface area contributed by atoms with Crippen LogP contribution in [0.5, 0.6) is 5.75 Å². The van der Waals surface area contributed by atoms with E-state index in [1.807, 2.05) is 48.7 Å². The van der Waals surface area contributed by atoms with Crippen LogP contribution in [-0.2, 0) is 16.1 Å². The summed E-state index contributed by atoms with van der Waals surface area (Å²) in [6.07, 6.45) is 0. The SMILES string of the molecule is CCOc1ccccc1CNCCNC(=O)c1cccs1.O=C(O)C(=O)O. The minimum absolute atomic E-state index is 0.0125. The Morgan fingerprint density at radius 1 is 1.04 bits per heavy atom. The molecule has 0 radical (unpaired) electrons. The van der Waals surface area contributed by atoms with Crippen LogP contribution in [0.25, 0.3) is 0 Å². The lowest BCUT2D eigenvalue weighted by atomic mass is 10.2. The average molecular weight is 394 g/mol. The van der Waals surface area contributed by atoms with Crippen LogP contribution in [0.1, 0.15) is 22.2 Å². The number of hydrogen-bond donors (Lipinski definition) is 4. The van der Waals surface area contributed by atoms with Crippen molar-refractivity contribution >= 4 is 29.2 Å². The van der Waals surface area contributed by atoms with Crippen LogP contribution in [0.3, 0.4) is 0 Å². The molecule has 4 N–H and O–H groups in total. The zero-order chi connectivity index (χ0) is 20.1. The van der Waals surface area contributed by atoms with E-state index in [1.54, 1.807) is 0 Å². The van der Waals surface area contributed by atoms with Crippen molar-refractivity contribution in [3.63, 3.8) is 0 Å². The minimum Gasteiger partial charge on any atom is -0.494 e. The summed E-state index contributed by atoms with van der Waals surface area (Å²) in [5.74, 6) is -2.75. The lowest BCUT2D eigenvalue weighted by Gasteiger charge is -2.11. The molecule has 0 unspecified atom stereocenters. The number of aliphatic carboxylic acids is 2. The maximum absolute atomic E-state index is 11.7. The predicted molar refractivity (Wildman–Crippen MR) is 101 cm³/mol. The summed E-state index contributed by atoms with van der Waals surface area (Å²) in [5.41, 5.74) is 1.13. The van der Waals surface area contributed by atoms with Gasteiger partial charge in [-0.2, -0.15) is 0 Å². The fourth-order valence-electron chi connectivity index (χ4n) is 1.93. The van der Waals surface area contributed by atoms with Gasteiger partial charge in [0, 0.05) is 25.2 Å². The van der Waals surface area contributed by atoms with Gasteiger partial charge in [0.1, 0.15) is 5.75 Å². The van der Waals surface area contributed by atoms with E-state index in [0.717, 1.165) is 29.3 Å². The Labute approximate surface area is 160 Å². The first-order valence-corrected chi connectivity index (χ1v) is 9.03. The second-order valence-electron chi connectivity index (χ2n) is 5.06. The molecule has 0 bridgehead atoms. The molecule has 0 atom stereocenters. The van der Waals surface area contributed by atoms with Gasteiger partial charge in [0.15, 0.2) is 0 Å². The predicted octanol–water partition coefficient (Wildman–Crippen LogP) is 1.82. The summed E-state index contributed by atoms with van der Waals surface area (Å²) >= 11 is 1.45. The van der Waals surface area contributed by atoms with Crippen LogP contribution >= 0.6 is 11.3 Å². The number of benzene rings is 1. The molecule has 2 aromatic rings. The van der Waals surface area contributed by atoms with Gasteiger partial charge in [0.05, 0.1) is 11.5 Å². The van der Waals surface area contributed by atoms with Gasteiger partial charge in [-0.05, 0) is 24.4 Å². The second-order valence-corrected chi connectivity index (χ2v) is 6.01. The van der Waals surface area contributed by atoms with Crippen molar-refractivity contribution in [1.82, 2.24) is 10.6 Å². The number of rotatable bonds is 8. The van der Waals surface area contributed by atoms with E-state index in [1.165, 1.54) is 11.3 Å². The van der Waals surface area contributed by atoms with Gasteiger partial charge in [-0.25, -0.2) is 9.59 Å². The van der Waals surface area contributed by atoms with Crippen molar-refractivity contribution < 1.29 is 29.3 Å². The molecule has 9 heteroatoms. The number of nitrogens with one attached hydrogen (secondary N) is 2. The van der Waals surface area contributed by atoms with Gasteiger partial charge < -0.3 is 25.6 Å². The third-order valence-corrected chi connectivity index (χ3v) is 3.97. The molecule has 27 heavy (non-hydrogen) atoms. The van der Waals surface area contributed by atoms with Crippen molar-refractivity contribution in [2.24, 2.45) is 0 Å². The maximum atomic E-state index is 11.7. The van der Waals surface area contributed by atoms with Gasteiger partial charge in [-0.1, -0.05) is 24.3 Å². The minimum atomic E-state index is -1.82. The van der Waals surface area contributed by atoms with Crippen LogP contribution in [0, 0.1) is 0 Å². The highest BCUT2D eigenvalue weighted by Crippen LogP contribution is 2.17. The van der Waals surface area contributed by atoms with E-state index >= 15 is 0 Å². The summed E-state index contributed by atoms with van der Waals surface area (Å²) in [4.78, 5) is 30.7. The van der Waals surface area contributed by atoms with E-state index in [2.05, 4.69) is 10.6 Å². The molecule has 0 aliphatic rings. The van der Waals surface area contributed by atoms with Crippen molar-refractivity contribution in [3.05, 3.63) is 52.2 Å². The van der Waals surface area contributed by atoms with Crippen LogP contribution in [0.4, 0.5) is 0 Å². The fraction of sp³-hybridized carbons (Fsp3) is 0.278. The lowest BCUT2D eigenvalue weighted by Crippen LogP contribution is -2.31. The number of carboxylic acid groups (broad SMARTS) is 2. The number of carbonyl (C=O) groups is 3. The number of ether oxygens (including phenoxy) is 1. The Hall–Kier alpha value is -2.91. The molecule has 2 rings (SSSR count). The number of thiophene rings is 1. The molecule has 146 valence electrons. The van der Waals surface area contributed by atoms with Gasteiger partial charge in [-0.15, -0.1) is 11.3 Å². The first-order valence-electron chi connectivity index (χ1n) is 8.15. The molecule has 1 amide bonds. The fourth-order valence-corrected chi connectivity index (χ4v) is 2.57. The molecule has 1 aromatic heterocycles. The molecule has 0 saturated heterocycles. The topological polar surface area (TPSA) is 125 Å². The van der Waals surface area contributed by atoms with Gasteiger partial charge in [0.25, 0.3) is 5.91 Å². The molecule has 8 nitrogen and oxygen atoms in total. The molecule has 0 saturated carbocycles. The highest BCUT2D eigenvalue weighted by atomic mass is 32.1. The molecular weight excluding hydrogens is 372 g/mol. The average Bonchev–Trinajstić information content (AvgIpc) is 3.18. The summed E-state index contributed by atoms with van der Waals surface area (Å²) < 4.78 is 5.57. The number of hydrogen-bond acceptors (Lipinski definition) is 6. The van der Waals surface area contributed by atoms with Crippen molar-refractivity contribution in [3.8, 4) is 5.75 Å². The van der Waals surface area contributed by atoms with Crippen molar-refractivity contribution in [2.45, 2.75) is 13.5 Å². The third-order valence-electron chi connectivity index (χ3n) is 3.10. The number of amides is 1. The van der Waals surface area contributed by atoms with E-state index in [4.69, 9.17) is 24.5 Å². The van der Waals surface area contributed by atoms with Crippen LogP contribution < -0.4 is 15.4 Å². The quantitative estimate of drug-likeness (QED) is 0.397. The van der Waals surface area contributed by atoms with E-state index in [0.29, 0.717) is 13.2 Å².